The smallest absolute Gasteiger partial charge is 0.333 e. The van der Waals surface area contributed by atoms with Gasteiger partial charge in [-0.15, -0.1) is 0 Å². The molecular weight excluding hydrogens is 428 g/mol. The van der Waals surface area contributed by atoms with E-state index in [1.54, 1.807) is 13.0 Å². The lowest BCUT2D eigenvalue weighted by atomic mass is 10.0. The summed E-state index contributed by atoms with van der Waals surface area (Å²) in [6.07, 6.45) is 19.5. The third-order valence-electron chi connectivity index (χ3n) is 5.97. The zero-order valence-electron chi connectivity index (χ0n) is 21.6. The predicted molar refractivity (Wildman–Crippen MR) is 140 cm³/mol. The second-order valence-electron chi connectivity index (χ2n) is 9.28. The van der Waals surface area contributed by atoms with Crippen LogP contribution in [0.3, 0.4) is 0 Å². The molecule has 1 rings (SSSR count). The molecule has 1 unspecified atom stereocenters. The number of rotatable bonds is 21. The van der Waals surface area contributed by atoms with Crippen molar-refractivity contribution in [2.24, 2.45) is 0 Å². The molecular formula is C29H48O5. The lowest BCUT2D eigenvalue weighted by Gasteiger charge is -2.09. The molecule has 1 aromatic rings. The molecule has 0 saturated heterocycles. The monoisotopic (exact) mass is 476 g/mol. The van der Waals surface area contributed by atoms with Gasteiger partial charge in [0, 0.05) is 5.57 Å². The van der Waals surface area contributed by atoms with Crippen LogP contribution in [0.4, 0.5) is 0 Å². The van der Waals surface area contributed by atoms with E-state index >= 15 is 0 Å². The summed E-state index contributed by atoms with van der Waals surface area (Å²) < 4.78 is 10.8. The summed E-state index contributed by atoms with van der Waals surface area (Å²) in [6, 6.07) is 7.62. The SMILES string of the molecule is CCCCCCCCCCCCCCCCOc1ccc(/C=C(\C)C(=O)OCC(O)CO)cc1. The van der Waals surface area contributed by atoms with Gasteiger partial charge >= 0.3 is 5.97 Å². The van der Waals surface area contributed by atoms with Crippen molar-refractivity contribution in [3.05, 3.63) is 35.4 Å². The van der Waals surface area contributed by atoms with Gasteiger partial charge in [0.25, 0.3) is 0 Å². The summed E-state index contributed by atoms with van der Waals surface area (Å²) >= 11 is 0. The van der Waals surface area contributed by atoms with E-state index in [9.17, 15) is 9.90 Å². The van der Waals surface area contributed by atoms with Gasteiger partial charge in [-0.2, -0.15) is 0 Å². The second-order valence-corrected chi connectivity index (χ2v) is 9.28. The van der Waals surface area contributed by atoms with E-state index in [1.165, 1.54) is 83.5 Å². The molecule has 0 aliphatic carbocycles. The number of esters is 1. The van der Waals surface area contributed by atoms with Crippen LogP contribution in [0.15, 0.2) is 29.8 Å². The van der Waals surface area contributed by atoms with Crippen LogP contribution in [0.5, 0.6) is 5.75 Å². The first-order chi connectivity index (χ1) is 16.6. The number of ether oxygens (including phenoxy) is 2. The number of unbranched alkanes of at least 4 members (excludes halogenated alkanes) is 13. The molecule has 5 nitrogen and oxygen atoms in total. The maximum Gasteiger partial charge on any atom is 0.333 e. The molecule has 0 aliphatic rings. The average Bonchev–Trinajstić information content (AvgIpc) is 2.85. The molecule has 0 bridgehead atoms. The van der Waals surface area contributed by atoms with Crippen molar-refractivity contribution in [1.29, 1.82) is 0 Å². The maximum absolute atomic E-state index is 11.9. The first-order valence-corrected chi connectivity index (χ1v) is 13.4. The molecule has 0 aromatic heterocycles. The summed E-state index contributed by atoms with van der Waals surface area (Å²) in [5, 5.41) is 18.0. The Morgan fingerprint density at radius 2 is 1.35 bits per heavy atom. The number of carbonyl (C=O) groups is 1. The Morgan fingerprint density at radius 1 is 0.853 bits per heavy atom. The van der Waals surface area contributed by atoms with Crippen LogP contribution in [0.25, 0.3) is 6.08 Å². The molecule has 0 amide bonds. The van der Waals surface area contributed by atoms with Gasteiger partial charge in [0.15, 0.2) is 0 Å². The molecule has 2 N–H and O–H groups in total. The molecule has 0 spiro atoms. The van der Waals surface area contributed by atoms with E-state index in [4.69, 9.17) is 14.6 Å². The number of aliphatic hydroxyl groups excluding tert-OH is 2. The quantitative estimate of drug-likeness (QED) is 0.115. The molecule has 0 radical (unpaired) electrons. The minimum atomic E-state index is -1.05. The molecule has 0 fully saturated rings. The lowest BCUT2D eigenvalue weighted by Crippen LogP contribution is -2.22. The van der Waals surface area contributed by atoms with Crippen molar-refractivity contribution < 1.29 is 24.5 Å². The fourth-order valence-corrected chi connectivity index (χ4v) is 3.79. The second kappa shape index (κ2) is 20.5. The highest BCUT2D eigenvalue weighted by Crippen LogP contribution is 2.16. The summed E-state index contributed by atoms with van der Waals surface area (Å²) in [4.78, 5) is 11.9. The topological polar surface area (TPSA) is 76.0 Å². The fourth-order valence-electron chi connectivity index (χ4n) is 3.79. The Hall–Kier alpha value is -1.85. The summed E-state index contributed by atoms with van der Waals surface area (Å²) in [7, 11) is 0. The van der Waals surface area contributed by atoms with E-state index in [0.717, 1.165) is 24.3 Å². The van der Waals surface area contributed by atoms with Crippen LogP contribution in [0, 0.1) is 0 Å². The standard InChI is InChI=1S/C29H48O5/c1-3-4-5-6-7-8-9-10-11-12-13-14-15-16-21-33-28-19-17-26(18-20-28)22-25(2)29(32)34-24-27(31)23-30/h17-20,22,27,30-31H,3-16,21,23-24H2,1-2H3/b25-22+. The van der Waals surface area contributed by atoms with Crippen molar-refractivity contribution >= 4 is 12.0 Å². The highest BCUT2D eigenvalue weighted by atomic mass is 16.5. The molecule has 0 saturated carbocycles. The van der Waals surface area contributed by atoms with Crippen molar-refractivity contribution in [2.45, 2.75) is 110 Å². The van der Waals surface area contributed by atoms with Crippen LogP contribution in [-0.2, 0) is 9.53 Å². The van der Waals surface area contributed by atoms with Crippen molar-refractivity contribution in [2.75, 3.05) is 19.8 Å². The van der Waals surface area contributed by atoms with Gasteiger partial charge in [-0.25, -0.2) is 4.79 Å². The van der Waals surface area contributed by atoms with E-state index in [0.29, 0.717) is 5.57 Å². The molecule has 1 atom stereocenters. The summed E-state index contributed by atoms with van der Waals surface area (Å²) in [5.74, 6) is 0.323. The Morgan fingerprint density at radius 3 is 1.85 bits per heavy atom. The lowest BCUT2D eigenvalue weighted by molar-refractivity contribution is -0.142. The van der Waals surface area contributed by atoms with E-state index in [2.05, 4.69) is 6.92 Å². The van der Waals surface area contributed by atoms with Gasteiger partial charge in [-0.1, -0.05) is 103 Å². The van der Waals surface area contributed by atoms with E-state index in [1.807, 2.05) is 24.3 Å². The van der Waals surface area contributed by atoms with Gasteiger partial charge in [0.1, 0.15) is 18.5 Å². The molecule has 0 aliphatic heterocycles. The van der Waals surface area contributed by atoms with Crippen LogP contribution < -0.4 is 4.74 Å². The Kier molecular flexibility index (Phi) is 18.2. The number of aliphatic hydroxyl groups is 2. The van der Waals surface area contributed by atoms with Gasteiger partial charge in [-0.3, -0.25) is 0 Å². The van der Waals surface area contributed by atoms with Crippen LogP contribution in [0.2, 0.25) is 0 Å². The highest BCUT2D eigenvalue weighted by molar-refractivity contribution is 5.93. The number of carbonyl (C=O) groups excluding carboxylic acids is 1. The van der Waals surface area contributed by atoms with E-state index < -0.39 is 18.7 Å². The van der Waals surface area contributed by atoms with Crippen molar-refractivity contribution in [1.82, 2.24) is 0 Å². The maximum atomic E-state index is 11.9. The zero-order chi connectivity index (χ0) is 24.9. The van der Waals surface area contributed by atoms with Gasteiger partial charge < -0.3 is 19.7 Å². The van der Waals surface area contributed by atoms with Crippen molar-refractivity contribution in [3.8, 4) is 5.75 Å². The average molecular weight is 477 g/mol. The highest BCUT2D eigenvalue weighted by Gasteiger charge is 2.09. The Labute approximate surface area is 207 Å². The molecule has 194 valence electrons. The fraction of sp³-hybridized carbons (Fsp3) is 0.690. The van der Waals surface area contributed by atoms with Crippen LogP contribution in [-0.4, -0.2) is 42.1 Å². The van der Waals surface area contributed by atoms with Crippen LogP contribution in [0.1, 0.15) is 109 Å². The Balaban J connectivity index is 2.05. The van der Waals surface area contributed by atoms with E-state index in [-0.39, 0.29) is 6.61 Å². The minimum Gasteiger partial charge on any atom is -0.494 e. The molecule has 34 heavy (non-hydrogen) atoms. The summed E-state index contributed by atoms with van der Waals surface area (Å²) in [5.41, 5.74) is 1.31. The molecule has 1 aromatic carbocycles. The third-order valence-corrected chi connectivity index (χ3v) is 5.97. The zero-order valence-corrected chi connectivity index (χ0v) is 21.6. The largest absolute Gasteiger partial charge is 0.494 e. The number of benzene rings is 1. The van der Waals surface area contributed by atoms with Gasteiger partial charge in [0.2, 0.25) is 0 Å². The predicted octanol–water partition coefficient (Wildman–Crippen LogP) is 6.85. The van der Waals surface area contributed by atoms with Crippen molar-refractivity contribution in [3.63, 3.8) is 0 Å². The minimum absolute atomic E-state index is 0.216. The number of hydrogen-bond acceptors (Lipinski definition) is 5. The number of hydrogen-bond donors (Lipinski definition) is 2. The van der Waals surface area contributed by atoms with Crippen LogP contribution >= 0.6 is 0 Å². The Bertz CT molecular complexity index is 653. The third kappa shape index (κ3) is 15.9. The normalized spacial score (nSPS) is 12.5. The van der Waals surface area contributed by atoms with Gasteiger partial charge in [0.05, 0.1) is 13.2 Å². The first kappa shape index (κ1) is 30.2. The first-order valence-electron chi connectivity index (χ1n) is 13.4. The molecule has 5 heteroatoms. The van der Waals surface area contributed by atoms with Gasteiger partial charge in [-0.05, 0) is 37.1 Å². The molecule has 0 heterocycles. The summed E-state index contributed by atoms with van der Waals surface area (Å²) in [6.45, 7) is 4.01.